The first-order valence-corrected chi connectivity index (χ1v) is 7.92. The highest BCUT2D eigenvalue weighted by Crippen LogP contribution is 2.17. The van der Waals surface area contributed by atoms with E-state index in [1.807, 2.05) is 29.2 Å². The Kier molecular flexibility index (Phi) is 6.21. The molecule has 1 saturated heterocycles. The second-order valence-electron chi connectivity index (χ2n) is 5.42. The number of carbonyl (C=O) groups is 2. The quantitative estimate of drug-likeness (QED) is 0.885. The molecule has 22 heavy (non-hydrogen) atoms. The van der Waals surface area contributed by atoms with Gasteiger partial charge in [0.05, 0.1) is 6.54 Å². The number of nitrogens with zero attached hydrogens (tertiary/aromatic N) is 2. The standard InChI is InChI=1S/C16H22ClN3O2/c1-18-15(21)12-19-8-10-20(11-9-19)16(22)7-6-13-4-2-3-5-14(13)17/h2-5H,6-12H2,1H3,(H,18,21). The van der Waals surface area contributed by atoms with Crippen LogP contribution in [0.25, 0.3) is 0 Å². The van der Waals surface area contributed by atoms with Crippen LogP contribution >= 0.6 is 11.6 Å². The highest BCUT2D eigenvalue weighted by molar-refractivity contribution is 6.31. The number of halogens is 1. The molecule has 1 N–H and O–H groups in total. The number of nitrogens with one attached hydrogen (secondary N) is 1. The van der Waals surface area contributed by atoms with Crippen LogP contribution < -0.4 is 5.32 Å². The lowest BCUT2D eigenvalue weighted by molar-refractivity contribution is -0.133. The number of hydrogen-bond acceptors (Lipinski definition) is 3. The van der Waals surface area contributed by atoms with Gasteiger partial charge in [0.15, 0.2) is 0 Å². The first-order valence-electron chi connectivity index (χ1n) is 7.54. The molecule has 0 unspecified atom stereocenters. The fourth-order valence-electron chi connectivity index (χ4n) is 2.54. The summed E-state index contributed by atoms with van der Waals surface area (Å²) in [6, 6.07) is 7.62. The predicted molar refractivity (Wildman–Crippen MR) is 86.9 cm³/mol. The molecule has 0 saturated carbocycles. The Bertz CT molecular complexity index is 528. The SMILES string of the molecule is CNC(=O)CN1CCN(C(=O)CCc2ccccc2Cl)CC1. The number of carbonyl (C=O) groups excluding carboxylic acids is 2. The van der Waals surface area contributed by atoms with E-state index in [9.17, 15) is 9.59 Å². The average molecular weight is 324 g/mol. The molecule has 2 rings (SSSR count). The van der Waals surface area contributed by atoms with Crippen molar-refractivity contribution < 1.29 is 9.59 Å². The second-order valence-corrected chi connectivity index (χ2v) is 5.83. The van der Waals surface area contributed by atoms with Crippen molar-refractivity contribution in [2.45, 2.75) is 12.8 Å². The summed E-state index contributed by atoms with van der Waals surface area (Å²) in [4.78, 5) is 27.5. The largest absolute Gasteiger partial charge is 0.358 e. The van der Waals surface area contributed by atoms with Crippen LogP contribution in [0, 0.1) is 0 Å². The molecule has 1 aromatic carbocycles. The first-order chi connectivity index (χ1) is 10.6. The molecule has 6 heteroatoms. The van der Waals surface area contributed by atoms with Gasteiger partial charge in [-0.25, -0.2) is 0 Å². The van der Waals surface area contributed by atoms with Gasteiger partial charge >= 0.3 is 0 Å². The van der Waals surface area contributed by atoms with Gasteiger partial charge in [0.25, 0.3) is 0 Å². The zero-order chi connectivity index (χ0) is 15.9. The van der Waals surface area contributed by atoms with Crippen LogP contribution in [-0.4, -0.2) is 61.4 Å². The van der Waals surface area contributed by atoms with Crippen molar-refractivity contribution in [1.29, 1.82) is 0 Å². The number of aryl methyl sites for hydroxylation is 1. The third kappa shape index (κ3) is 4.71. The highest BCUT2D eigenvalue weighted by Gasteiger charge is 2.21. The smallest absolute Gasteiger partial charge is 0.233 e. The number of benzene rings is 1. The zero-order valence-electron chi connectivity index (χ0n) is 12.8. The van der Waals surface area contributed by atoms with Crippen LogP contribution in [0.3, 0.4) is 0 Å². The Morgan fingerprint density at radius 1 is 1.18 bits per heavy atom. The van der Waals surface area contributed by atoms with E-state index in [0.29, 0.717) is 37.5 Å². The number of amides is 2. The van der Waals surface area contributed by atoms with Crippen molar-refractivity contribution in [1.82, 2.24) is 15.1 Å². The van der Waals surface area contributed by atoms with Gasteiger partial charge in [0.1, 0.15) is 0 Å². The van der Waals surface area contributed by atoms with E-state index >= 15 is 0 Å². The average Bonchev–Trinajstić information content (AvgIpc) is 2.54. The van der Waals surface area contributed by atoms with Gasteiger partial charge < -0.3 is 10.2 Å². The van der Waals surface area contributed by atoms with E-state index in [4.69, 9.17) is 11.6 Å². The molecule has 1 aromatic rings. The van der Waals surface area contributed by atoms with Crippen molar-refractivity contribution in [3.8, 4) is 0 Å². The van der Waals surface area contributed by atoms with Gasteiger partial charge in [-0.3, -0.25) is 14.5 Å². The summed E-state index contributed by atoms with van der Waals surface area (Å²) in [6.45, 7) is 3.24. The summed E-state index contributed by atoms with van der Waals surface area (Å²) in [7, 11) is 1.64. The molecule has 1 heterocycles. The van der Waals surface area contributed by atoms with E-state index in [-0.39, 0.29) is 11.8 Å². The second kappa shape index (κ2) is 8.15. The van der Waals surface area contributed by atoms with Crippen molar-refractivity contribution in [2.75, 3.05) is 39.8 Å². The van der Waals surface area contributed by atoms with Gasteiger partial charge in [-0.1, -0.05) is 29.8 Å². The van der Waals surface area contributed by atoms with Crippen LogP contribution in [0.4, 0.5) is 0 Å². The van der Waals surface area contributed by atoms with Gasteiger partial charge in [0, 0.05) is 44.7 Å². The van der Waals surface area contributed by atoms with E-state index < -0.39 is 0 Å². The monoisotopic (exact) mass is 323 g/mol. The minimum absolute atomic E-state index is 0.0125. The minimum Gasteiger partial charge on any atom is -0.358 e. The molecule has 0 spiro atoms. The van der Waals surface area contributed by atoms with Crippen molar-refractivity contribution in [2.24, 2.45) is 0 Å². The lowest BCUT2D eigenvalue weighted by Crippen LogP contribution is -2.50. The summed E-state index contributed by atoms with van der Waals surface area (Å²) < 4.78 is 0. The maximum atomic E-state index is 12.3. The molecular weight excluding hydrogens is 302 g/mol. The molecule has 0 aliphatic carbocycles. The van der Waals surface area contributed by atoms with Gasteiger partial charge in [-0.15, -0.1) is 0 Å². The summed E-state index contributed by atoms with van der Waals surface area (Å²) in [6.07, 6.45) is 1.14. The Morgan fingerprint density at radius 3 is 2.50 bits per heavy atom. The third-order valence-corrected chi connectivity index (χ3v) is 4.31. The van der Waals surface area contributed by atoms with Crippen molar-refractivity contribution in [3.05, 3.63) is 34.9 Å². The minimum atomic E-state index is 0.0125. The molecule has 2 amide bonds. The zero-order valence-corrected chi connectivity index (χ0v) is 13.6. The van der Waals surface area contributed by atoms with Crippen LogP contribution in [0.5, 0.6) is 0 Å². The van der Waals surface area contributed by atoms with Crippen LogP contribution in [0.1, 0.15) is 12.0 Å². The predicted octanol–water partition coefficient (Wildman–Crippen LogP) is 1.16. The maximum absolute atomic E-state index is 12.3. The van der Waals surface area contributed by atoms with E-state index in [1.54, 1.807) is 7.05 Å². The number of rotatable bonds is 5. The van der Waals surface area contributed by atoms with Crippen molar-refractivity contribution in [3.63, 3.8) is 0 Å². The lowest BCUT2D eigenvalue weighted by atomic mass is 10.1. The summed E-state index contributed by atoms with van der Waals surface area (Å²) >= 11 is 6.11. The van der Waals surface area contributed by atoms with E-state index in [2.05, 4.69) is 10.2 Å². The van der Waals surface area contributed by atoms with Gasteiger partial charge in [0.2, 0.25) is 11.8 Å². The molecule has 1 aliphatic rings. The molecule has 0 bridgehead atoms. The molecule has 1 fully saturated rings. The Labute approximate surface area is 136 Å². The lowest BCUT2D eigenvalue weighted by Gasteiger charge is -2.34. The maximum Gasteiger partial charge on any atom is 0.233 e. The van der Waals surface area contributed by atoms with Crippen LogP contribution in [0.15, 0.2) is 24.3 Å². The van der Waals surface area contributed by atoms with E-state index in [0.717, 1.165) is 18.7 Å². The molecule has 120 valence electrons. The van der Waals surface area contributed by atoms with Crippen molar-refractivity contribution >= 4 is 23.4 Å². The van der Waals surface area contributed by atoms with Gasteiger partial charge in [-0.2, -0.15) is 0 Å². The summed E-state index contributed by atoms with van der Waals surface area (Å²) in [5.74, 6) is 0.165. The molecule has 5 nitrogen and oxygen atoms in total. The topological polar surface area (TPSA) is 52.7 Å². The molecular formula is C16H22ClN3O2. The highest BCUT2D eigenvalue weighted by atomic mass is 35.5. The number of hydrogen-bond donors (Lipinski definition) is 1. The molecule has 0 radical (unpaired) electrons. The Hall–Kier alpha value is -1.59. The number of piperazine rings is 1. The fraction of sp³-hybridized carbons (Fsp3) is 0.500. The first kappa shape index (κ1) is 16.8. The van der Waals surface area contributed by atoms with Crippen LogP contribution in [0.2, 0.25) is 5.02 Å². The van der Waals surface area contributed by atoms with Gasteiger partial charge in [-0.05, 0) is 18.1 Å². The summed E-state index contributed by atoms with van der Waals surface area (Å²) in [5.41, 5.74) is 1.01. The Morgan fingerprint density at radius 2 is 1.86 bits per heavy atom. The molecule has 0 aromatic heterocycles. The molecule has 0 atom stereocenters. The van der Waals surface area contributed by atoms with Crippen LogP contribution in [-0.2, 0) is 16.0 Å². The Balaban J connectivity index is 1.76. The fourth-order valence-corrected chi connectivity index (χ4v) is 2.77. The van der Waals surface area contributed by atoms with E-state index in [1.165, 1.54) is 0 Å². The number of likely N-dealkylation sites (N-methyl/N-ethyl adjacent to an activating group) is 1. The normalized spacial score (nSPS) is 15.6. The molecule has 1 aliphatic heterocycles. The summed E-state index contributed by atoms with van der Waals surface area (Å²) in [5, 5.41) is 3.33. The third-order valence-electron chi connectivity index (χ3n) is 3.94.